The summed E-state index contributed by atoms with van der Waals surface area (Å²) >= 11 is 0. The van der Waals surface area contributed by atoms with Gasteiger partial charge < -0.3 is 90.7 Å². The average Bonchev–Trinajstić information content (AvgIpc) is 1.62. The predicted octanol–water partition coefficient (Wildman–Crippen LogP) is 1.13. The summed E-state index contributed by atoms with van der Waals surface area (Å²) in [6.07, 6.45) is -0.0538. The summed E-state index contributed by atoms with van der Waals surface area (Å²) in [5, 5.41) is 55.7. The number of hydrogen-bond acceptors (Lipinski definition) is 16. The third-order valence-electron chi connectivity index (χ3n) is 15.8. The largest absolute Gasteiger partial charge is 0.481 e. The molecule has 20 N–H and O–H groups in total. The molecule has 11 amide bonds. The molecule has 2 rings (SSSR count). The number of H-pyrrole nitrogens is 1. The standard InChI is InChI=1S/C67H110N14O17/c1-36(2)29-48(58(70)89)76-65(96)51(32-39(7)8)78-61(92)46(21-24-55(83)84)74-60(91)45(20-14-16-28-69)73-63(94)49(30-37(3)4)80-67(98)53(34-41-35-71-43-18-12-11-17-42(41)43)81-62(93)47(22-25-56(85)86)75-64(95)50(31-38(5)6)79-66(97)52(33-40(9)10)77-59(90)44(19-13-15-27-68)72-54(82)23-26-57(87)88/h11-12,17-18,35-40,44-53,71H,13-16,19-34,68-69H2,1-10H3,(H2,70,89)(H,72,82)(H,73,94)(H,74,91)(H,75,95)(H,76,96)(H,77,90)(H,78,92)(H,79,97)(H,80,98)(H,81,93)(H,83,84)(H,85,86)(H,87,88)/t44-,45-,46-,47-,48-,49-,50-,51-,52-,53-/m0/s1. The van der Waals surface area contributed by atoms with Crippen LogP contribution in [-0.2, 0) is 73.5 Å². The van der Waals surface area contributed by atoms with Gasteiger partial charge >= 0.3 is 17.9 Å². The van der Waals surface area contributed by atoms with Crippen molar-refractivity contribution >= 4 is 93.8 Å². The van der Waals surface area contributed by atoms with Crippen LogP contribution in [-0.4, -0.2) is 177 Å². The van der Waals surface area contributed by atoms with Crippen LogP contribution in [0.15, 0.2) is 30.5 Å². The highest BCUT2D eigenvalue weighted by molar-refractivity contribution is 5.99. The van der Waals surface area contributed by atoms with Crippen molar-refractivity contribution in [1.82, 2.24) is 58.2 Å². The molecule has 0 aliphatic carbocycles. The molecule has 1 aromatic carbocycles. The Bertz CT molecular complexity index is 2990. The number of para-hydroxylation sites is 1. The Morgan fingerprint density at radius 2 is 0.663 bits per heavy atom. The maximum absolute atomic E-state index is 15.0. The smallest absolute Gasteiger partial charge is 0.303 e. The molecule has 31 heteroatoms. The number of primary amides is 1. The van der Waals surface area contributed by atoms with E-state index >= 15 is 0 Å². The van der Waals surface area contributed by atoms with E-state index in [1.807, 2.05) is 13.8 Å². The number of aromatic nitrogens is 1. The van der Waals surface area contributed by atoms with Gasteiger partial charge in [-0.15, -0.1) is 0 Å². The Labute approximate surface area is 573 Å². The lowest BCUT2D eigenvalue weighted by Gasteiger charge is -2.29. The fourth-order valence-electron chi connectivity index (χ4n) is 10.8. The van der Waals surface area contributed by atoms with Crippen LogP contribution in [0.4, 0.5) is 0 Å². The molecule has 0 aliphatic heterocycles. The van der Waals surface area contributed by atoms with Gasteiger partial charge in [-0.25, -0.2) is 0 Å². The monoisotopic (exact) mass is 1380 g/mol. The first kappa shape index (κ1) is 85.3. The van der Waals surface area contributed by atoms with Crippen molar-refractivity contribution in [2.24, 2.45) is 46.8 Å². The summed E-state index contributed by atoms with van der Waals surface area (Å²) in [7, 11) is 0. The third-order valence-corrected chi connectivity index (χ3v) is 15.8. The minimum absolute atomic E-state index is 0.0333. The van der Waals surface area contributed by atoms with Gasteiger partial charge in [0.1, 0.15) is 60.4 Å². The normalized spacial score (nSPS) is 14.5. The number of carboxylic acid groups (broad SMARTS) is 3. The molecule has 0 radical (unpaired) electrons. The minimum atomic E-state index is -1.68. The van der Waals surface area contributed by atoms with E-state index in [4.69, 9.17) is 22.3 Å². The van der Waals surface area contributed by atoms with Crippen LogP contribution < -0.4 is 70.4 Å². The van der Waals surface area contributed by atoms with Crippen molar-refractivity contribution in [2.75, 3.05) is 13.1 Å². The second kappa shape index (κ2) is 44.2. The average molecular weight is 1380 g/mol. The summed E-state index contributed by atoms with van der Waals surface area (Å²) < 4.78 is 0. The van der Waals surface area contributed by atoms with Crippen molar-refractivity contribution in [1.29, 1.82) is 0 Å². The van der Waals surface area contributed by atoms with Gasteiger partial charge in [-0.2, -0.15) is 0 Å². The Balaban J connectivity index is 2.65. The number of rotatable bonds is 49. The van der Waals surface area contributed by atoms with E-state index in [0.717, 1.165) is 0 Å². The molecular formula is C67H110N14O17. The molecule has 1 heterocycles. The SMILES string of the molecule is CC(C)C[C@H](NC(=O)[C@H](CC(C)C)NC(=O)[C@H](CCC(=O)O)NC(=O)[C@H](CCCCN)NC(=O)[C@H](CC(C)C)NC(=O)[C@H](Cc1c[nH]c2ccccc12)NC(=O)[C@H](CCC(=O)O)NC(=O)[C@H](CC(C)C)NC(=O)[C@H](CC(C)C)NC(=O)[C@H](CCCCN)NC(=O)CCC(=O)O)C(N)=O. The number of nitrogens with two attached hydrogens (primary N) is 3. The minimum Gasteiger partial charge on any atom is -0.481 e. The molecule has 0 spiro atoms. The van der Waals surface area contributed by atoms with Gasteiger partial charge in [0.25, 0.3) is 0 Å². The number of aliphatic carboxylic acids is 3. The van der Waals surface area contributed by atoms with E-state index in [2.05, 4.69) is 58.2 Å². The molecular weight excluding hydrogens is 1270 g/mol. The number of fused-ring (bicyclic) bond motifs is 1. The summed E-state index contributed by atoms with van der Waals surface area (Å²) in [4.78, 5) is 193. The topological polar surface area (TPSA) is 514 Å². The number of carbonyl (C=O) groups excluding carboxylic acids is 11. The molecule has 1 aromatic heterocycles. The molecule has 31 nitrogen and oxygen atoms in total. The van der Waals surface area contributed by atoms with E-state index < -0.39 is 182 Å². The Morgan fingerprint density at radius 1 is 0.367 bits per heavy atom. The Kier molecular flexibility index (Phi) is 38.5. The number of carbonyl (C=O) groups is 14. The second-order valence-electron chi connectivity index (χ2n) is 27.1. The summed E-state index contributed by atoms with van der Waals surface area (Å²) in [5.41, 5.74) is 18.3. The van der Waals surface area contributed by atoms with Crippen molar-refractivity contribution in [2.45, 2.75) is 245 Å². The quantitative estimate of drug-likeness (QED) is 0.0413. The Morgan fingerprint density at radius 3 is 1.01 bits per heavy atom. The molecule has 0 aliphatic rings. The first-order chi connectivity index (χ1) is 46.0. The van der Waals surface area contributed by atoms with E-state index in [1.54, 1.807) is 85.9 Å². The predicted molar refractivity (Wildman–Crippen MR) is 364 cm³/mol. The van der Waals surface area contributed by atoms with Gasteiger partial charge in [-0.05, 0) is 138 Å². The van der Waals surface area contributed by atoms with Crippen molar-refractivity contribution in [3.05, 3.63) is 36.0 Å². The highest BCUT2D eigenvalue weighted by atomic mass is 16.4. The molecule has 550 valence electrons. The molecule has 98 heavy (non-hydrogen) atoms. The summed E-state index contributed by atoms with van der Waals surface area (Å²) in [6.45, 7) is 18.2. The summed E-state index contributed by atoms with van der Waals surface area (Å²) in [5.74, 6) is -14.4. The van der Waals surface area contributed by atoms with Gasteiger partial charge in [0.2, 0.25) is 65.0 Å². The first-order valence-corrected chi connectivity index (χ1v) is 34.0. The molecule has 0 bridgehead atoms. The van der Waals surface area contributed by atoms with Crippen molar-refractivity contribution in [3.8, 4) is 0 Å². The fraction of sp³-hybridized carbons (Fsp3) is 0.672. The van der Waals surface area contributed by atoms with Gasteiger partial charge in [0.05, 0.1) is 6.42 Å². The van der Waals surface area contributed by atoms with Crippen molar-refractivity contribution < 1.29 is 82.4 Å². The van der Waals surface area contributed by atoms with Crippen molar-refractivity contribution in [3.63, 3.8) is 0 Å². The van der Waals surface area contributed by atoms with E-state index in [1.165, 1.54) is 0 Å². The third kappa shape index (κ3) is 33.0. The lowest BCUT2D eigenvalue weighted by Crippen LogP contribution is -2.61. The zero-order valence-corrected chi connectivity index (χ0v) is 58.5. The van der Waals surface area contributed by atoms with Gasteiger partial charge in [0.15, 0.2) is 0 Å². The van der Waals surface area contributed by atoms with E-state index in [9.17, 15) is 77.3 Å². The number of carboxylic acids is 3. The molecule has 0 saturated heterocycles. The van der Waals surface area contributed by atoms with Crippen LogP contribution in [0.25, 0.3) is 10.9 Å². The molecule has 0 unspecified atom stereocenters. The second-order valence-corrected chi connectivity index (χ2v) is 27.1. The molecule has 0 saturated carbocycles. The molecule has 10 atom stereocenters. The maximum atomic E-state index is 15.0. The van der Waals surface area contributed by atoms with Gasteiger partial charge in [-0.1, -0.05) is 87.4 Å². The highest BCUT2D eigenvalue weighted by Gasteiger charge is 2.37. The Hall–Kier alpha value is -8.74. The van der Waals surface area contributed by atoms with Crippen LogP contribution >= 0.6 is 0 Å². The van der Waals surface area contributed by atoms with Gasteiger partial charge in [-0.3, -0.25) is 67.1 Å². The van der Waals surface area contributed by atoms with Crippen LogP contribution in [0.5, 0.6) is 0 Å². The van der Waals surface area contributed by atoms with Crippen LogP contribution in [0.2, 0.25) is 0 Å². The highest BCUT2D eigenvalue weighted by Crippen LogP contribution is 2.21. The number of unbranched alkanes of at least 4 members (excludes halogenated alkanes) is 2. The number of aromatic amines is 1. The zero-order chi connectivity index (χ0) is 73.9. The lowest BCUT2D eigenvalue weighted by molar-refractivity contribution is -0.139. The lowest BCUT2D eigenvalue weighted by atomic mass is 9.98. The zero-order valence-electron chi connectivity index (χ0n) is 58.5. The molecule has 2 aromatic rings. The number of nitrogens with one attached hydrogen (secondary N) is 11. The number of benzene rings is 1. The van der Waals surface area contributed by atoms with E-state index in [0.29, 0.717) is 35.7 Å². The van der Waals surface area contributed by atoms with E-state index in [-0.39, 0.29) is 100 Å². The van der Waals surface area contributed by atoms with Crippen LogP contribution in [0.3, 0.4) is 0 Å². The molecule has 0 fully saturated rings. The summed E-state index contributed by atoms with van der Waals surface area (Å²) in [6, 6.07) is -6.88. The fourth-order valence-corrected chi connectivity index (χ4v) is 10.8. The van der Waals surface area contributed by atoms with Crippen LogP contribution in [0.1, 0.15) is 184 Å². The maximum Gasteiger partial charge on any atom is 0.303 e. The van der Waals surface area contributed by atoms with Gasteiger partial charge in [0, 0.05) is 42.8 Å². The van der Waals surface area contributed by atoms with Crippen LogP contribution in [0, 0.1) is 29.6 Å². The number of hydrogen-bond donors (Lipinski definition) is 17. The first-order valence-electron chi connectivity index (χ1n) is 34.0. The number of amides is 11.